The van der Waals surface area contributed by atoms with E-state index in [4.69, 9.17) is 0 Å². The summed E-state index contributed by atoms with van der Waals surface area (Å²) in [7, 11) is 0. The third-order valence-corrected chi connectivity index (χ3v) is 4.12. The highest BCUT2D eigenvalue weighted by atomic mass is 35.5. The summed E-state index contributed by atoms with van der Waals surface area (Å²) in [5, 5.41) is 6.52. The SMILES string of the molecule is Cc1ccc(CC(=O)NC2CCNC(C)C2)s1.Cl. The number of aryl methyl sites for hydroxylation is 1. The van der Waals surface area contributed by atoms with Gasteiger partial charge in [0.15, 0.2) is 0 Å². The standard InChI is InChI=1S/C13H20N2OS.ClH/c1-9-7-11(5-6-14-9)15-13(16)8-12-4-3-10(2)17-12;/h3-4,9,11,14H,5-8H2,1-2H3,(H,15,16);1H. The maximum atomic E-state index is 11.9. The number of piperidine rings is 1. The molecule has 2 heterocycles. The smallest absolute Gasteiger partial charge is 0.225 e. The van der Waals surface area contributed by atoms with Gasteiger partial charge in [-0.25, -0.2) is 0 Å². The Balaban J connectivity index is 0.00000162. The number of carbonyl (C=O) groups is 1. The van der Waals surface area contributed by atoms with E-state index in [1.165, 1.54) is 4.88 Å². The molecule has 1 aromatic rings. The van der Waals surface area contributed by atoms with Crippen molar-refractivity contribution in [2.24, 2.45) is 0 Å². The summed E-state index contributed by atoms with van der Waals surface area (Å²) >= 11 is 1.71. The molecular weight excluding hydrogens is 268 g/mol. The van der Waals surface area contributed by atoms with Crippen LogP contribution in [-0.2, 0) is 11.2 Å². The first-order chi connectivity index (χ1) is 8.13. The van der Waals surface area contributed by atoms with Crippen molar-refractivity contribution < 1.29 is 4.79 Å². The highest BCUT2D eigenvalue weighted by Crippen LogP contribution is 2.16. The fourth-order valence-electron chi connectivity index (χ4n) is 2.28. The van der Waals surface area contributed by atoms with Gasteiger partial charge in [-0.05, 0) is 45.4 Å². The van der Waals surface area contributed by atoms with Crippen LogP contribution in [0.4, 0.5) is 0 Å². The third kappa shape index (κ3) is 4.59. The summed E-state index contributed by atoms with van der Waals surface area (Å²) in [6.45, 7) is 5.24. The second-order valence-corrected chi connectivity index (χ2v) is 6.21. The lowest BCUT2D eigenvalue weighted by molar-refractivity contribution is -0.121. The van der Waals surface area contributed by atoms with E-state index in [1.807, 2.05) is 6.07 Å². The lowest BCUT2D eigenvalue weighted by Crippen LogP contribution is -2.46. The maximum Gasteiger partial charge on any atom is 0.225 e. The second-order valence-electron chi connectivity index (χ2n) is 4.83. The number of thiophene rings is 1. The summed E-state index contributed by atoms with van der Waals surface area (Å²) in [5.41, 5.74) is 0. The Morgan fingerprint density at radius 1 is 1.56 bits per heavy atom. The molecule has 1 aliphatic rings. The second kappa shape index (κ2) is 7.12. The van der Waals surface area contributed by atoms with Crippen molar-refractivity contribution in [3.05, 3.63) is 21.9 Å². The van der Waals surface area contributed by atoms with Crippen molar-refractivity contribution in [2.45, 2.75) is 45.2 Å². The van der Waals surface area contributed by atoms with Crippen molar-refractivity contribution in [1.82, 2.24) is 10.6 Å². The molecule has 0 aliphatic carbocycles. The van der Waals surface area contributed by atoms with Gasteiger partial charge in [0.05, 0.1) is 6.42 Å². The molecule has 0 aromatic carbocycles. The molecule has 5 heteroatoms. The first-order valence-electron chi connectivity index (χ1n) is 6.21. The summed E-state index contributed by atoms with van der Waals surface area (Å²) in [5.74, 6) is 0.158. The minimum atomic E-state index is 0. The molecule has 0 bridgehead atoms. The molecule has 2 unspecified atom stereocenters. The topological polar surface area (TPSA) is 41.1 Å². The van der Waals surface area contributed by atoms with Gasteiger partial charge in [-0.1, -0.05) is 0 Å². The monoisotopic (exact) mass is 288 g/mol. The molecule has 2 rings (SSSR count). The molecule has 1 fully saturated rings. The number of hydrogen-bond acceptors (Lipinski definition) is 3. The van der Waals surface area contributed by atoms with Gasteiger partial charge in [0.25, 0.3) is 0 Å². The van der Waals surface area contributed by atoms with Crippen LogP contribution in [0.3, 0.4) is 0 Å². The molecule has 18 heavy (non-hydrogen) atoms. The van der Waals surface area contributed by atoms with Crippen LogP contribution in [0.15, 0.2) is 12.1 Å². The number of carbonyl (C=O) groups excluding carboxylic acids is 1. The van der Waals surface area contributed by atoms with Crippen molar-refractivity contribution in [1.29, 1.82) is 0 Å². The normalized spacial score (nSPS) is 23.2. The molecule has 102 valence electrons. The van der Waals surface area contributed by atoms with Gasteiger partial charge in [-0.15, -0.1) is 23.7 Å². The highest BCUT2D eigenvalue weighted by molar-refractivity contribution is 7.12. The van der Waals surface area contributed by atoms with Gasteiger partial charge < -0.3 is 10.6 Å². The summed E-state index contributed by atoms with van der Waals surface area (Å²) in [6.07, 6.45) is 2.60. The van der Waals surface area contributed by atoms with Gasteiger partial charge in [0.1, 0.15) is 0 Å². The zero-order valence-electron chi connectivity index (χ0n) is 10.9. The van der Waals surface area contributed by atoms with E-state index in [0.29, 0.717) is 18.5 Å². The van der Waals surface area contributed by atoms with E-state index >= 15 is 0 Å². The van der Waals surface area contributed by atoms with Gasteiger partial charge in [-0.2, -0.15) is 0 Å². The third-order valence-electron chi connectivity index (χ3n) is 3.12. The minimum Gasteiger partial charge on any atom is -0.353 e. The van der Waals surface area contributed by atoms with Crippen LogP contribution in [0.1, 0.15) is 29.5 Å². The molecule has 0 radical (unpaired) electrons. The maximum absolute atomic E-state index is 11.9. The molecule has 1 aromatic heterocycles. The molecule has 0 saturated carbocycles. The zero-order chi connectivity index (χ0) is 12.3. The number of amides is 1. The fraction of sp³-hybridized carbons (Fsp3) is 0.615. The predicted molar refractivity (Wildman–Crippen MR) is 78.6 cm³/mol. The fourth-order valence-corrected chi connectivity index (χ4v) is 3.17. The lowest BCUT2D eigenvalue weighted by Gasteiger charge is -2.28. The average molecular weight is 289 g/mol. The van der Waals surface area contributed by atoms with E-state index in [9.17, 15) is 4.79 Å². The van der Waals surface area contributed by atoms with E-state index < -0.39 is 0 Å². The zero-order valence-corrected chi connectivity index (χ0v) is 12.5. The Morgan fingerprint density at radius 2 is 2.33 bits per heavy atom. The van der Waals surface area contributed by atoms with Crippen LogP contribution in [0.2, 0.25) is 0 Å². The van der Waals surface area contributed by atoms with Crippen molar-refractivity contribution >= 4 is 29.7 Å². The number of halogens is 1. The van der Waals surface area contributed by atoms with Crippen LogP contribution < -0.4 is 10.6 Å². The van der Waals surface area contributed by atoms with Crippen molar-refractivity contribution in [2.75, 3.05) is 6.54 Å². The Morgan fingerprint density at radius 3 is 2.94 bits per heavy atom. The average Bonchev–Trinajstić information content (AvgIpc) is 2.63. The van der Waals surface area contributed by atoms with Crippen LogP contribution in [0.25, 0.3) is 0 Å². The van der Waals surface area contributed by atoms with E-state index in [2.05, 4.69) is 30.5 Å². The molecule has 2 N–H and O–H groups in total. The quantitative estimate of drug-likeness (QED) is 0.896. The first kappa shape index (κ1) is 15.5. The van der Waals surface area contributed by atoms with E-state index in [1.54, 1.807) is 11.3 Å². The summed E-state index contributed by atoms with van der Waals surface area (Å²) in [4.78, 5) is 14.3. The van der Waals surface area contributed by atoms with E-state index in [0.717, 1.165) is 24.3 Å². The number of nitrogens with one attached hydrogen (secondary N) is 2. The van der Waals surface area contributed by atoms with Crippen LogP contribution in [-0.4, -0.2) is 24.5 Å². The van der Waals surface area contributed by atoms with Crippen molar-refractivity contribution in [3.63, 3.8) is 0 Å². The Labute approximate surface area is 119 Å². The number of hydrogen-bond donors (Lipinski definition) is 2. The molecule has 1 saturated heterocycles. The van der Waals surface area contributed by atoms with E-state index in [-0.39, 0.29) is 18.3 Å². The largest absolute Gasteiger partial charge is 0.353 e. The molecule has 2 atom stereocenters. The molecule has 0 spiro atoms. The molecule has 1 amide bonds. The molecular formula is C13H21ClN2OS. The number of rotatable bonds is 3. The van der Waals surface area contributed by atoms with Gasteiger partial charge in [-0.3, -0.25) is 4.79 Å². The molecule has 3 nitrogen and oxygen atoms in total. The summed E-state index contributed by atoms with van der Waals surface area (Å²) < 4.78 is 0. The predicted octanol–water partition coefficient (Wildman–Crippen LogP) is 2.28. The van der Waals surface area contributed by atoms with Gasteiger partial charge >= 0.3 is 0 Å². The Bertz CT molecular complexity index is 394. The van der Waals surface area contributed by atoms with Gasteiger partial charge in [0.2, 0.25) is 5.91 Å². The van der Waals surface area contributed by atoms with Crippen LogP contribution in [0.5, 0.6) is 0 Å². The Kier molecular flexibility index (Phi) is 6.12. The molecule has 1 aliphatic heterocycles. The van der Waals surface area contributed by atoms with Gasteiger partial charge in [0, 0.05) is 21.8 Å². The highest BCUT2D eigenvalue weighted by Gasteiger charge is 2.19. The van der Waals surface area contributed by atoms with Crippen LogP contribution in [0, 0.1) is 6.92 Å². The Hall–Kier alpha value is -0.580. The van der Waals surface area contributed by atoms with Crippen molar-refractivity contribution in [3.8, 4) is 0 Å². The summed E-state index contributed by atoms with van der Waals surface area (Å²) in [6, 6.07) is 4.97. The van der Waals surface area contributed by atoms with Crippen LogP contribution >= 0.6 is 23.7 Å². The lowest BCUT2D eigenvalue weighted by atomic mass is 10.0. The minimum absolute atomic E-state index is 0. The first-order valence-corrected chi connectivity index (χ1v) is 7.03.